The van der Waals surface area contributed by atoms with E-state index in [1.807, 2.05) is 13.8 Å². The molecule has 0 aliphatic heterocycles. The first-order valence-electron chi connectivity index (χ1n) is 11.6. The van der Waals surface area contributed by atoms with Gasteiger partial charge >= 0.3 is 0 Å². The summed E-state index contributed by atoms with van der Waals surface area (Å²) < 4.78 is 27.1. The summed E-state index contributed by atoms with van der Waals surface area (Å²) in [5.74, 6) is -0.835. The third-order valence-electron chi connectivity index (χ3n) is 5.69. The van der Waals surface area contributed by atoms with E-state index in [2.05, 4.69) is 5.32 Å². The fourth-order valence-electron chi connectivity index (χ4n) is 3.54. The van der Waals surface area contributed by atoms with Gasteiger partial charge in [-0.15, -0.1) is 0 Å². The van der Waals surface area contributed by atoms with Gasteiger partial charge in [0.1, 0.15) is 6.04 Å². The van der Waals surface area contributed by atoms with Gasteiger partial charge in [-0.05, 0) is 44.0 Å². The fourth-order valence-corrected chi connectivity index (χ4v) is 5.17. The Hall–Kier alpha value is -2.13. The number of carbonyl (C=O) groups excluding carboxylic acids is 2. The number of amides is 2. The molecule has 35 heavy (non-hydrogen) atoms. The van der Waals surface area contributed by atoms with Gasteiger partial charge in [0.25, 0.3) is 0 Å². The summed E-state index contributed by atoms with van der Waals surface area (Å²) in [6.07, 6.45) is 2.06. The van der Waals surface area contributed by atoms with Crippen molar-refractivity contribution in [2.45, 2.75) is 57.5 Å². The molecular weight excluding hydrogens is 509 g/mol. The Labute approximate surface area is 218 Å². The van der Waals surface area contributed by atoms with Crippen LogP contribution in [-0.2, 0) is 26.2 Å². The van der Waals surface area contributed by atoms with Crippen molar-refractivity contribution in [3.8, 4) is 0 Å². The van der Waals surface area contributed by atoms with Crippen LogP contribution in [0.25, 0.3) is 0 Å². The summed E-state index contributed by atoms with van der Waals surface area (Å²) in [6, 6.07) is 10.6. The number of hydrogen-bond donors (Lipinski definition) is 1. The molecule has 192 valence electrons. The Morgan fingerprint density at radius 2 is 1.63 bits per heavy atom. The van der Waals surface area contributed by atoms with E-state index >= 15 is 0 Å². The molecular formula is C25H33Cl2N3O4S. The first kappa shape index (κ1) is 29.1. The molecule has 1 atom stereocenters. The first-order chi connectivity index (χ1) is 16.5. The minimum Gasteiger partial charge on any atom is -0.354 e. The minimum absolute atomic E-state index is 0.0323. The van der Waals surface area contributed by atoms with Crippen LogP contribution in [-0.4, -0.2) is 55.6 Å². The van der Waals surface area contributed by atoms with Crippen molar-refractivity contribution in [3.63, 3.8) is 0 Å². The number of unbranched alkanes of at least 4 members (excludes halogenated alkanes) is 1. The van der Waals surface area contributed by atoms with Gasteiger partial charge in [0.05, 0.1) is 11.4 Å². The number of nitrogens with one attached hydrogen (secondary N) is 1. The van der Waals surface area contributed by atoms with Gasteiger partial charge in [-0.2, -0.15) is 4.31 Å². The third-order valence-corrected chi connectivity index (χ3v) is 8.22. The Morgan fingerprint density at radius 3 is 2.17 bits per heavy atom. The van der Waals surface area contributed by atoms with Crippen molar-refractivity contribution in [3.05, 3.63) is 63.6 Å². The molecule has 0 aromatic heterocycles. The van der Waals surface area contributed by atoms with E-state index < -0.39 is 28.5 Å². The van der Waals surface area contributed by atoms with Crippen LogP contribution in [0, 0.1) is 6.92 Å². The highest BCUT2D eigenvalue weighted by atomic mass is 35.5. The summed E-state index contributed by atoms with van der Waals surface area (Å²) in [7, 11) is -2.57. The lowest BCUT2D eigenvalue weighted by molar-refractivity contribution is -0.141. The number of rotatable bonds is 12. The van der Waals surface area contributed by atoms with E-state index in [4.69, 9.17) is 23.2 Å². The summed E-state index contributed by atoms with van der Waals surface area (Å²) in [5.41, 5.74) is 1.42. The largest absolute Gasteiger partial charge is 0.354 e. The maximum absolute atomic E-state index is 13.5. The molecule has 10 heteroatoms. The zero-order valence-corrected chi connectivity index (χ0v) is 22.9. The summed E-state index contributed by atoms with van der Waals surface area (Å²) >= 11 is 12.7. The van der Waals surface area contributed by atoms with Crippen LogP contribution in [0.2, 0.25) is 10.0 Å². The fraction of sp³-hybridized carbons (Fsp3) is 0.440. The highest BCUT2D eigenvalue weighted by Gasteiger charge is 2.32. The lowest BCUT2D eigenvalue weighted by Crippen LogP contribution is -2.52. The molecule has 0 aliphatic carbocycles. The van der Waals surface area contributed by atoms with E-state index in [0.717, 1.165) is 22.7 Å². The van der Waals surface area contributed by atoms with Crippen LogP contribution >= 0.6 is 23.2 Å². The molecule has 0 fully saturated rings. The second-order valence-corrected chi connectivity index (χ2v) is 11.2. The number of sulfonamides is 1. The van der Waals surface area contributed by atoms with Crippen molar-refractivity contribution in [1.29, 1.82) is 0 Å². The molecule has 0 bridgehead atoms. The van der Waals surface area contributed by atoms with Crippen LogP contribution in [0.5, 0.6) is 0 Å². The van der Waals surface area contributed by atoms with Crippen LogP contribution in [0.3, 0.4) is 0 Å². The van der Waals surface area contributed by atoms with Gasteiger partial charge < -0.3 is 10.2 Å². The molecule has 2 amide bonds. The Morgan fingerprint density at radius 1 is 1.03 bits per heavy atom. The molecule has 0 aliphatic rings. The van der Waals surface area contributed by atoms with E-state index in [9.17, 15) is 18.0 Å². The average Bonchev–Trinajstić information content (AvgIpc) is 2.81. The zero-order chi connectivity index (χ0) is 26.2. The molecule has 0 saturated heterocycles. The van der Waals surface area contributed by atoms with Gasteiger partial charge in [0.15, 0.2) is 0 Å². The number of carbonyl (C=O) groups is 2. The van der Waals surface area contributed by atoms with E-state index in [1.165, 1.54) is 24.1 Å². The van der Waals surface area contributed by atoms with Gasteiger partial charge in [0, 0.05) is 35.7 Å². The van der Waals surface area contributed by atoms with Crippen LogP contribution in [0.15, 0.2) is 47.4 Å². The smallest absolute Gasteiger partial charge is 0.243 e. The maximum atomic E-state index is 13.5. The Bertz CT molecular complexity index is 1100. The molecule has 0 radical (unpaired) electrons. The highest BCUT2D eigenvalue weighted by Crippen LogP contribution is 2.27. The molecule has 0 saturated carbocycles. The quantitative estimate of drug-likeness (QED) is 0.396. The van der Waals surface area contributed by atoms with Crippen molar-refractivity contribution < 1.29 is 18.0 Å². The normalized spacial score (nSPS) is 12.4. The minimum atomic E-state index is -3.91. The number of aryl methyl sites for hydroxylation is 1. The lowest BCUT2D eigenvalue weighted by atomic mass is 10.1. The summed E-state index contributed by atoms with van der Waals surface area (Å²) in [5, 5.41) is 3.59. The SMILES string of the molecule is CCCCNC(=O)[C@@H](CC)N(Cc1c(Cl)cccc1Cl)C(=O)CN(C)S(=O)(=O)c1ccc(C)cc1. The molecule has 2 aromatic carbocycles. The van der Waals surface area contributed by atoms with Crippen molar-refractivity contribution in [1.82, 2.24) is 14.5 Å². The molecule has 2 rings (SSSR count). The maximum Gasteiger partial charge on any atom is 0.243 e. The van der Waals surface area contributed by atoms with Gasteiger partial charge in [-0.1, -0.05) is 67.2 Å². The Balaban J connectivity index is 2.35. The molecule has 0 heterocycles. The van der Waals surface area contributed by atoms with Crippen LogP contribution in [0.1, 0.15) is 44.2 Å². The number of likely N-dealkylation sites (N-methyl/N-ethyl adjacent to an activating group) is 1. The van der Waals surface area contributed by atoms with Gasteiger partial charge in [0.2, 0.25) is 21.8 Å². The van der Waals surface area contributed by atoms with Gasteiger partial charge in [-0.3, -0.25) is 9.59 Å². The monoisotopic (exact) mass is 541 g/mol. The second-order valence-electron chi connectivity index (χ2n) is 8.36. The van der Waals surface area contributed by atoms with E-state index in [0.29, 0.717) is 28.6 Å². The van der Waals surface area contributed by atoms with E-state index in [1.54, 1.807) is 37.3 Å². The highest BCUT2D eigenvalue weighted by molar-refractivity contribution is 7.89. The van der Waals surface area contributed by atoms with Crippen molar-refractivity contribution in [2.24, 2.45) is 0 Å². The van der Waals surface area contributed by atoms with Crippen LogP contribution in [0.4, 0.5) is 0 Å². The average molecular weight is 543 g/mol. The molecule has 1 N–H and O–H groups in total. The first-order valence-corrected chi connectivity index (χ1v) is 13.8. The molecule has 7 nitrogen and oxygen atoms in total. The number of benzene rings is 2. The molecule has 0 spiro atoms. The number of hydrogen-bond acceptors (Lipinski definition) is 4. The standard InChI is InChI=1S/C25H33Cl2N3O4S/c1-5-7-15-28-25(32)23(6-2)30(16-20-21(26)9-8-10-22(20)27)24(31)17-29(4)35(33,34)19-13-11-18(3)12-14-19/h8-14,23H,5-7,15-17H2,1-4H3,(H,28,32)/t23-/m1/s1. The predicted octanol–water partition coefficient (Wildman–Crippen LogP) is 4.65. The number of halogens is 2. The number of nitrogens with zero attached hydrogens (tertiary/aromatic N) is 2. The molecule has 2 aromatic rings. The lowest BCUT2D eigenvalue weighted by Gasteiger charge is -2.32. The summed E-state index contributed by atoms with van der Waals surface area (Å²) in [6.45, 7) is 5.68. The third kappa shape index (κ3) is 7.67. The molecule has 0 unspecified atom stereocenters. The second kappa shape index (κ2) is 13.3. The predicted molar refractivity (Wildman–Crippen MR) is 140 cm³/mol. The van der Waals surface area contributed by atoms with Crippen molar-refractivity contribution >= 4 is 45.0 Å². The summed E-state index contributed by atoms with van der Waals surface area (Å²) in [4.78, 5) is 27.9. The zero-order valence-electron chi connectivity index (χ0n) is 20.6. The van der Waals surface area contributed by atoms with Crippen LogP contribution < -0.4 is 5.32 Å². The topological polar surface area (TPSA) is 86.8 Å². The van der Waals surface area contributed by atoms with Gasteiger partial charge in [-0.25, -0.2) is 8.42 Å². The van der Waals surface area contributed by atoms with E-state index in [-0.39, 0.29) is 17.3 Å². The van der Waals surface area contributed by atoms with Crippen molar-refractivity contribution in [2.75, 3.05) is 20.1 Å². The Kier molecular flexibility index (Phi) is 11.0.